The van der Waals surface area contributed by atoms with Gasteiger partial charge in [-0.25, -0.2) is 10.8 Å². The summed E-state index contributed by atoms with van der Waals surface area (Å²) in [5, 5.41) is 11.4. The van der Waals surface area contributed by atoms with Gasteiger partial charge in [0, 0.05) is 18.5 Å². The molecule has 1 rings (SSSR count). The lowest BCUT2D eigenvalue weighted by atomic mass is 10.3. The SMILES string of the molecule is CC(O)CN(C)Cc1csc(C(=O)NN)n1. The number of hydrogen-bond acceptors (Lipinski definition) is 6. The Hall–Kier alpha value is -1.02. The third-order valence-electron chi connectivity index (χ3n) is 1.88. The summed E-state index contributed by atoms with van der Waals surface area (Å²) in [6.07, 6.45) is -0.379. The Labute approximate surface area is 98.1 Å². The molecule has 6 nitrogen and oxygen atoms in total. The van der Waals surface area contributed by atoms with Crippen LogP contribution in [0.5, 0.6) is 0 Å². The standard InChI is InChI=1S/C9H16N4O2S/c1-6(14)3-13(2)4-7-5-16-9(11-7)8(15)12-10/h5-6,14H,3-4,10H2,1-2H3,(H,12,15). The number of rotatable bonds is 5. The third kappa shape index (κ3) is 3.86. The van der Waals surface area contributed by atoms with Crippen LogP contribution in [0.4, 0.5) is 0 Å². The number of hydrazine groups is 1. The Balaban J connectivity index is 2.55. The van der Waals surface area contributed by atoms with Crippen molar-refractivity contribution in [3.63, 3.8) is 0 Å². The summed E-state index contributed by atoms with van der Waals surface area (Å²) < 4.78 is 0. The minimum atomic E-state index is -0.380. The lowest BCUT2D eigenvalue weighted by Gasteiger charge is -2.16. The molecule has 7 heteroatoms. The van der Waals surface area contributed by atoms with E-state index < -0.39 is 0 Å². The zero-order valence-electron chi connectivity index (χ0n) is 9.30. The van der Waals surface area contributed by atoms with Crippen LogP contribution in [0.1, 0.15) is 22.4 Å². The minimum Gasteiger partial charge on any atom is -0.392 e. The van der Waals surface area contributed by atoms with Crippen molar-refractivity contribution in [2.75, 3.05) is 13.6 Å². The van der Waals surface area contributed by atoms with Gasteiger partial charge in [0.15, 0.2) is 5.01 Å². The van der Waals surface area contributed by atoms with E-state index in [1.165, 1.54) is 11.3 Å². The van der Waals surface area contributed by atoms with Gasteiger partial charge < -0.3 is 5.11 Å². The highest BCUT2D eigenvalue weighted by molar-refractivity contribution is 7.11. The molecule has 0 aliphatic rings. The molecule has 1 unspecified atom stereocenters. The van der Waals surface area contributed by atoms with Crippen molar-refractivity contribution in [2.24, 2.45) is 5.84 Å². The van der Waals surface area contributed by atoms with Gasteiger partial charge >= 0.3 is 0 Å². The lowest BCUT2D eigenvalue weighted by molar-refractivity contribution is 0.0952. The molecule has 0 radical (unpaired) electrons. The number of carbonyl (C=O) groups is 1. The maximum absolute atomic E-state index is 11.1. The van der Waals surface area contributed by atoms with E-state index in [0.29, 0.717) is 18.1 Å². The summed E-state index contributed by atoms with van der Waals surface area (Å²) in [4.78, 5) is 17.2. The molecule has 0 fully saturated rings. The minimum absolute atomic E-state index is 0.350. The first-order valence-corrected chi connectivity index (χ1v) is 5.73. The highest BCUT2D eigenvalue weighted by Gasteiger charge is 2.11. The van der Waals surface area contributed by atoms with E-state index in [4.69, 9.17) is 5.84 Å². The molecule has 16 heavy (non-hydrogen) atoms. The van der Waals surface area contributed by atoms with Gasteiger partial charge in [-0.3, -0.25) is 15.1 Å². The van der Waals surface area contributed by atoms with Gasteiger partial charge in [-0.15, -0.1) is 11.3 Å². The monoisotopic (exact) mass is 244 g/mol. The average Bonchev–Trinajstić information content (AvgIpc) is 2.63. The zero-order valence-corrected chi connectivity index (χ0v) is 10.1. The van der Waals surface area contributed by atoms with Crippen LogP contribution >= 0.6 is 11.3 Å². The van der Waals surface area contributed by atoms with Crippen LogP contribution < -0.4 is 11.3 Å². The number of nitrogens with two attached hydrogens (primary N) is 1. The Kier molecular flexibility index (Phi) is 4.81. The van der Waals surface area contributed by atoms with Gasteiger partial charge in [0.05, 0.1) is 11.8 Å². The van der Waals surface area contributed by atoms with Crippen LogP contribution in [-0.2, 0) is 6.54 Å². The zero-order chi connectivity index (χ0) is 12.1. The highest BCUT2D eigenvalue weighted by Crippen LogP contribution is 2.11. The van der Waals surface area contributed by atoms with E-state index in [1.54, 1.807) is 6.92 Å². The molecule has 1 amide bonds. The van der Waals surface area contributed by atoms with Gasteiger partial charge in [0.1, 0.15) is 0 Å². The van der Waals surface area contributed by atoms with Crippen LogP contribution in [0.15, 0.2) is 5.38 Å². The van der Waals surface area contributed by atoms with Crippen molar-refractivity contribution >= 4 is 17.2 Å². The third-order valence-corrected chi connectivity index (χ3v) is 2.77. The predicted octanol–water partition coefficient (Wildman–Crippen LogP) is -0.441. The van der Waals surface area contributed by atoms with E-state index in [0.717, 1.165) is 5.69 Å². The Morgan fingerprint density at radius 2 is 2.50 bits per heavy atom. The molecule has 1 aromatic rings. The van der Waals surface area contributed by atoms with Crippen molar-refractivity contribution in [3.05, 3.63) is 16.1 Å². The highest BCUT2D eigenvalue weighted by atomic mass is 32.1. The Morgan fingerprint density at radius 1 is 1.81 bits per heavy atom. The van der Waals surface area contributed by atoms with Gasteiger partial charge in [0.2, 0.25) is 0 Å². The fraction of sp³-hybridized carbons (Fsp3) is 0.556. The van der Waals surface area contributed by atoms with Crippen molar-refractivity contribution in [1.82, 2.24) is 15.3 Å². The lowest BCUT2D eigenvalue weighted by Crippen LogP contribution is -2.30. The number of nitrogens with one attached hydrogen (secondary N) is 1. The first-order valence-electron chi connectivity index (χ1n) is 4.85. The number of amides is 1. The smallest absolute Gasteiger partial charge is 0.294 e. The van der Waals surface area contributed by atoms with Crippen LogP contribution in [0.25, 0.3) is 0 Å². The normalized spacial score (nSPS) is 12.8. The molecular weight excluding hydrogens is 228 g/mol. The number of aromatic nitrogens is 1. The number of nitrogens with zero attached hydrogens (tertiary/aromatic N) is 2. The second-order valence-electron chi connectivity index (χ2n) is 3.66. The van der Waals surface area contributed by atoms with E-state index in [2.05, 4.69) is 4.98 Å². The molecule has 0 saturated carbocycles. The quantitative estimate of drug-likeness (QED) is 0.371. The molecule has 1 aromatic heterocycles. The summed E-state index contributed by atoms with van der Waals surface area (Å²) in [6.45, 7) is 2.89. The Bertz CT molecular complexity index is 353. The first kappa shape index (κ1) is 13.0. The Morgan fingerprint density at radius 3 is 3.06 bits per heavy atom. The van der Waals surface area contributed by atoms with Crippen molar-refractivity contribution in [2.45, 2.75) is 19.6 Å². The number of hydrogen-bond donors (Lipinski definition) is 3. The van der Waals surface area contributed by atoms with Crippen molar-refractivity contribution in [1.29, 1.82) is 0 Å². The van der Waals surface area contributed by atoms with E-state index in [-0.39, 0.29) is 12.0 Å². The molecule has 0 aromatic carbocycles. The van der Waals surface area contributed by atoms with Crippen LogP contribution in [0, 0.1) is 0 Å². The summed E-state index contributed by atoms with van der Waals surface area (Å²) >= 11 is 1.25. The maximum atomic E-state index is 11.1. The molecule has 1 atom stereocenters. The molecule has 0 saturated heterocycles. The largest absolute Gasteiger partial charge is 0.392 e. The van der Waals surface area contributed by atoms with Crippen LogP contribution in [0.3, 0.4) is 0 Å². The van der Waals surface area contributed by atoms with Gasteiger partial charge in [-0.05, 0) is 14.0 Å². The van der Waals surface area contributed by atoms with E-state index in [9.17, 15) is 9.90 Å². The maximum Gasteiger partial charge on any atom is 0.294 e. The average molecular weight is 244 g/mol. The van der Waals surface area contributed by atoms with Crippen LogP contribution in [0.2, 0.25) is 0 Å². The summed E-state index contributed by atoms with van der Waals surface area (Å²) in [6, 6.07) is 0. The second kappa shape index (κ2) is 5.90. The molecule has 0 spiro atoms. The second-order valence-corrected chi connectivity index (χ2v) is 4.52. The van der Waals surface area contributed by atoms with Gasteiger partial charge in [0.25, 0.3) is 5.91 Å². The topological polar surface area (TPSA) is 91.5 Å². The van der Waals surface area contributed by atoms with Crippen LogP contribution in [-0.4, -0.2) is 40.6 Å². The first-order chi connectivity index (χ1) is 7.52. The number of nitrogen functional groups attached to an aromatic ring is 1. The van der Waals surface area contributed by atoms with Gasteiger partial charge in [-0.1, -0.05) is 0 Å². The molecule has 0 aliphatic heterocycles. The summed E-state index contributed by atoms with van der Waals surface area (Å²) in [5.41, 5.74) is 2.83. The van der Waals surface area contributed by atoms with E-state index >= 15 is 0 Å². The predicted molar refractivity (Wildman–Crippen MR) is 61.8 cm³/mol. The summed E-state index contributed by atoms with van der Waals surface area (Å²) in [5.74, 6) is 4.62. The molecular formula is C9H16N4O2S. The number of aliphatic hydroxyl groups excluding tert-OH is 1. The number of thiazole rings is 1. The number of carbonyl (C=O) groups excluding carboxylic acids is 1. The van der Waals surface area contributed by atoms with E-state index in [1.807, 2.05) is 22.8 Å². The van der Waals surface area contributed by atoms with Crippen molar-refractivity contribution in [3.8, 4) is 0 Å². The molecule has 4 N–H and O–H groups in total. The van der Waals surface area contributed by atoms with Gasteiger partial charge in [-0.2, -0.15) is 0 Å². The van der Waals surface area contributed by atoms with Crippen molar-refractivity contribution < 1.29 is 9.90 Å². The fourth-order valence-electron chi connectivity index (χ4n) is 1.34. The summed E-state index contributed by atoms with van der Waals surface area (Å²) in [7, 11) is 1.88. The molecule has 1 heterocycles. The number of likely N-dealkylation sites (N-methyl/N-ethyl adjacent to an activating group) is 1. The molecule has 0 aliphatic carbocycles. The molecule has 90 valence electrons. The fourth-order valence-corrected chi connectivity index (χ4v) is 2.05. The number of aliphatic hydroxyl groups is 1. The molecule has 0 bridgehead atoms.